The number of ether oxygens (including phenoxy) is 1. The van der Waals surface area contributed by atoms with Gasteiger partial charge in [-0.1, -0.05) is 35.9 Å². The molecule has 1 aromatic heterocycles. The van der Waals surface area contributed by atoms with E-state index in [9.17, 15) is 14.7 Å². The molecule has 8 heteroatoms. The Morgan fingerprint density at radius 1 is 0.943 bits per heavy atom. The Hall–Kier alpha value is -3.62. The van der Waals surface area contributed by atoms with Crippen LogP contribution in [0.2, 0.25) is 0 Å². The van der Waals surface area contributed by atoms with Crippen LogP contribution < -0.4 is 10.1 Å². The maximum Gasteiger partial charge on any atom is 0.303 e. The molecule has 1 heterocycles. The van der Waals surface area contributed by atoms with Crippen molar-refractivity contribution >= 4 is 11.9 Å². The van der Waals surface area contributed by atoms with Crippen molar-refractivity contribution in [2.45, 2.75) is 46.3 Å². The Labute approximate surface area is 205 Å². The lowest BCUT2D eigenvalue weighted by Crippen LogP contribution is -2.31. The Morgan fingerprint density at radius 3 is 2.11 bits per heavy atom. The summed E-state index contributed by atoms with van der Waals surface area (Å²) in [6.45, 7) is 7.86. The van der Waals surface area contributed by atoms with Crippen LogP contribution >= 0.6 is 0 Å². The van der Waals surface area contributed by atoms with E-state index < -0.39 is 18.0 Å². The van der Waals surface area contributed by atoms with E-state index in [2.05, 4.69) is 61.1 Å². The molecule has 0 saturated heterocycles. The zero-order valence-corrected chi connectivity index (χ0v) is 20.4. The van der Waals surface area contributed by atoms with Crippen LogP contribution in [0.3, 0.4) is 0 Å². The molecule has 0 fully saturated rings. The van der Waals surface area contributed by atoms with Gasteiger partial charge in [-0.2, -0.15) is 0 Å². The molecule has 35 heavy (non-hydrogen) atoms. The number of carboxylic acids is 2. The van der Waals surface area contributed by atoms with Crippen molar-refractivity contribution in [3.05, 3.63) is 83.2 Å². The first-order valence-corrected chi connectivity index (χ1v) is 11.4. The van der Waals surface area contributed by atoms with Gasteiger partial charge in [-0.3, -0.25) is 9.59 Å². The highest BCUT2D eigenvalue weighted by atomic mass is 16.5. The second kappa shape index (κ2) is 13.9. The third-order valence-electron chi connectivity index (χ3n) is 5.13. The Balaban J connectivity index is 0.000000466. The molecule has 3 aromatic rings. The number of carbonyl (C=O) groups is 2. The fraction of sp³-hybridized carbons (Fsp3) is 0.333. The normalized spacial score (nSPS) is 11.3. The number of nitrogens with one attached hydrogen (secondary N) is 1. The van der Waals surface area contributed by atoms with Gasteiger partial charge in [-0.25, -0.2) is 0 Å². The smallest absolute Gasteiger partial charge is 0.303 e. The number of aryl methyl sites for hydroxylation is 3. The third kappa shape index (κ3) is 9.64. The van der Waals surface area contributed by atoms with E-state index in [1.807, 2.05) is 30.3 Å². The van der Waals surface area contributed by atoms with Crippen molar-refractivity contribution in [3.63, 3.8) is 0 Å². The topological polar surface area (TPSA) is 121 Å². The van der Waals surface area contributed by atoms with E-state index in [4.69, 9.17) is 14.9 Å². The average molecular weight is 483 g/mol. The maximum absolute atomic E-state index is 10.1. The summed E-state index contributed by atoms with van der Waals surface area (Å²) in [6.07, 6.45) is 0.942. The van der Waals surface area contributed by atoms with Crippen LogP contribution in [0.1, 0.15) is 35.2 Å². The van der Waals surface area contributed by atoms with Gasteiger partial charge < -0.3 is 29.9 Å². The zero-order chi connectivity index (χ0) is 25.8. The number of hydrogen-bond donors (Lipinski definition) is 4. The van der Waals surface area contributed by atoms with Crippen molar-refractivity contribution < 1.29 is 29.6 Å². The predicted octanol–water partition coefficient (Wildman–Crippen LogP) is 3.87. The van der Waals surface area contributed by atoms with E-state index >= 15 is 0 Å². The molecular weight excluding hydrogens is 448 g/mol. The molecule has 188 valence electrons. The lowest BCUT2D eigenvalue weighted by Gasteiger charge is -2.17. The Morgan fingerprint density at radius 2 is 1.54 bits per heavy atom. The number of hydrogen-bond acceptors (Lipinski definition) is 5. The number of nitrogens with zero attached hydrogens (tertiary/aromatic N) is 1. The minimum Gasteiger partial charge on any atom is -0.491 e. The number of aliphatic hydroxyl groups excluding tert-OH is 1. The van der Waals surface area contributed by atoms with Gasteiger partial charge in [-0.05, 0) is 56.2 Å². The van der Waals surface area contributed by atoms with E-state index in [0.717, 1.165) is 5.75 Å². The number of benzene rings is 2. The zero-order valence-electron chi connectivity index (χ0n) is 20.4. The standard InChI is InChI=1S/C23H28N2O2.C4H6O4/c1-17-12-18(2)23(19(3)13-17)25-11-7-8-20(25)14-24-15-21(26)16-27-22-9-5-4-6-10-22;5-3(6)1-2-4(7)8/h4-13,21,24,26H,14-16H2,1-3H3;1-2H2,(H,5,6)(H,7,8). The summed E-state index contributed by atoms with van der Waals surface area (Å²) in [5.41, 5.74) is 6.21. The van der Waals surface area contributed by atoms with Crippen molar-refractivity contribution in [1.82, 2.24) is 9.88 Å². The van der Waals surface area contributed by atoms with Crippen LogP contribution in [-0.4, -0.2) is 51.1 Å². The van der Waals surface area contributed by atoms with Gasteiger partial charge in [0.2, 0.25) is 0 Å². The molecule has 1 atom stereocenters. The Kier molecular flexibility index (Phi) is 11.0. The first-order chi connectivity index (χ1) is 16.7. The number of aliphatic carboxylic acids is 2. The number of rotatable bonds is 11. The summed E-state index contributed by atoms with van der Waals surface area (Å²) in [5.74, 6) is -1.38. The Bertz CT molecular complexity index is 1060. The molecule has 4 N–H and O–H groups in total. The molecule has 0 bridgehead atoms. The minimum absolute atomic E-state index is 0.272. The molecule has 0 saturated carbocycles. The van der Waals surface area contributed by atoms with Crippen LogP contribution in [0.4, 0.5) is 0 Å². The highest BCUT2D eigenvalue weighted by Gasteiger charge is 2.11. The summed E-state index contributed by atoms with van der Waals surface area (Å²) >= 11 is 0. The maximum atomic E-state index is 10.1. The molecule has 1 unspecified atom stereocenters. The van der Waals surface area contributed by atoms with E-state index in [1.165, 1.54) is 28.1 Å². The third-order valence-corrected chi connectivity index (χ3v) is 5.13. The molecule has 0 radical (unpaired) electrons. The van der Waals surface area contributed by atoms with Crippen LogP contribution in [0.15, 0.2) is 60.8 Å². The van der Waals surface area contributed by atoms with Crippen LogP contribution in [0.25, 0.3) is 5.69 Å². The molecule has 3 rings (SSSR count). The van der Waals surface area contributed by atoms with Crippen molar-refractivity contribution in [2.75, 3.05) is 13.2 Å². The lowest BCUT2D eigenvalue weighted by molar-refractivity contribution is -0.143. The van der Waals surface area contributed by atoms with E-state index in [-0.39, 0.29) is 19.4 Å². The number of carboxylic acid groups (broad SMARTS) is 2. The predicted molar refractivity (Wildman–Crippen MR) is 134 cm³/mol. The van der Waals surface area contributed by atoms with Crippen molar-refractivity contribution in [2.24, 2.45) is 0 Å². The van der Waals surface area contributed by atoms with Gasteiger partial charge in [0.1, 0.15) is 18.5 Å². The molecular formula is C27H34N2O6. The van der Waals surface area contributed by atoms with E-state index in [1.54, 1.807) is 0 Å². The molecule has 0 spiro atoms. The van der Waals surface area contributed by atoms with Crippen LogP contribution in [-0.2, 0) is 16.1 Å². The first-order valence-electron chi connectivity index (χ1n) is 11.4. The van der Waals surface area contributed by atoms with Gasteiger partial charge in [0, 0.05) is 25.0 Å². The molecule has 8 nitrogen and oxygen atoms in total. The van der Waals surface area contributed by atoms with E-state index in [0.29, 0.717) is 13.1 Å². The summed E-state index contributed by atoms with van der Waals surface area (Å²) in [4.78, 5) is 19.3. The first kappa shape index (κ1) is 27.6. The lowest BCUT2D eigenvalue weighted by atomic mass is 10.0. The number of para-hydroxylation sites is 1. The van der Waals surface area contributed by atoms with Crippen molar-refractivity contribution in [1.29, 1.82) is 0 Å². The summed E-state index contributed by atoms with van der Waals surface area (Å²) in [7, 11) is 0. The molecule has 2 aromatic carbocycles. The highest BCUT2D eigenvalue weighted by molar-refractivity contribution is 5.75. The van der Waals surface area contributed by atoms with Crippen molar-refractivity contribution in [3.8, 4) is 11.4 Å². The summed E-state index contributed by atoms with van der Waals surface area (Å²) < 4.78 is 7.82. The van der Waals surface area contributed by atoms with Gasteiger partial charge in [0.05, 0.1) is 18.5 Å². The quantitative estimate of drug-likeness (QED) is 0.327. The highest BCUT2D eigenvalue weighted by Crippen LogP contribution is 2.23. The average Bonchev–Trinajstić information content (AvgIpc) is 3.25. The molecule has 0 aliphatic rings. The van der Waals surface area contributed by atoms with Gasteiger partial charge in [0.25, 0.3) is 0 Å². The molecule has 0 aliphatic carbocycles. The monoisotopic (exact) mass is 482 g/mol. The second-order valence-corrected chi connectivity index (χ2v) is 8.31. The molecule has 0 amide bonds. The number of aliphatic hydroxyl groups is 1. The van der Waals surface area contributed by atoms with Gasteiger partial charge in [0.15, 0.2) is 0 Å². The number of aromatic nitrogens is 1. The fourth-order valence-electron chi connectivity index (χ4n) is 3.68. The summed E-state index contributed by atoms with van der Waals surface area (Å²) in [5, 5.41) is 29.3. The second-order valence-electron chi connectivity index (χ2n) is 8.31. The largest absolute Gasteiger partial charge is 0.491 e. The van der Waals surface area contributed by atoms with Gasteiger partial charge >= 0.3 is 11.9 Å². The summed E-state index contributed by atoms with van der Waals surface area (Å²) in [6, 6.07) is 18.2. The van der Waals surface area contributed by atoms with Crippen LogP contribution in [0, 0.1) is 20.8 Å². The molecule has 0 aliphatic heterocycles. The SMILES string of the molecule is Cc1cc(C)c(-n2cccc2CNCC(O)COc2ccccc2)c(C)c1.O=C(O)CCC(=O)O. The van der Waals surface area contributed by atoms with Gasteiger partial charge in [-0.15, -0.1) is 0 Å². The van der Waals surface area contributed by atoms with Crippen LogP contribution in [0.5, 0.6) is 5.75 Å². The minimum atomic E-state index is -1.08. The fourth-order valence-corrected chi connectivity index (χ4v) is 3.68.